The lowest BCUT2D eigenvalue weighted by Crippen LogP contribution is -2.14. The van der Waals surface area contributed by atoms with Gasteiger partial charge in [0.15, 0.2) is 11.5 Å². The number of fused-ring (bicyclic) bond motifs is 1. The van der Waals surface area contributed by atoms with Crippen molar-refractivity contribution in [3.05, 3.63) is 23.3 Å². The van der Waals surface area contributed by atoms with Gasteiger partial charge in [0.25, 0.3) is 0 Å². The summed E-state index contributed by atoms with van der Waals surface area (Å²) in [5.74, 6) is 1.59. The maximum absolute atomic E-state index is 8.94. The smallest absolute Gasteiger partial charge is 0.164 e. The fourth-order valence-corrected chi connectivity index (χ4v) is 2.09. The fourth-order valence-electron chi connectivity index (χ4n) is 2.09. The lowest BCUT2D eigenvalue weighted by atomic mass is 9.98. The summed E-state index contributed by atoms with van der Waals surface area (Å²) >= 11 is 0. The highest BCUT2D eigenvalue weighted by molar-refractivity contribution is 5.51. The third-order valence-corrected chi connectivity index (χ3v) is 3.04. The van der Waals surface area contributed by atoms with Crippen molar-refractivity contribution in [3.63, 3.8) is 0 Å². The van der Waals surface area contributed by atoms with E-state index in [-0.39, 0.29) is 12.6 Å². The minimum Gasteiger partial charge on any atom is -0.490 e. The molecule has 0 aliphatic carbocycles. The van der Waals surface area contributed by atoms with Crippen molar-refractivity contribution in [1.82, 2.24) is 0 Å². The molecule has 2 rings (SSSR count). The predicted molar refractivity (Wildman–Crippen MR) is 65.4 cm³/mol. The van der Waals surface area contributed by atoms with Gasteiger partial charge in [-0.15, -0.1) is 0 Å². The number of rotatable bonds is 3. The van der Waals surface area contributed by atoms with E-state index in [0.29, 0.717) is 19.6 Å². The van der Waals surface area contributed by atoms with Crippen LogP contribution in [0, 0.1) is 6.92 Å². The molecule has 0 spiro atoms. The van der Waals surface area contributed by atoms with E-state index < -0.39 is 0 Å². The number of benzene rings is 1. The Morgan fingerprint density at radius 1 is 1.35 bits per heavy atom. The van der Waals surface area contributed by atoms with Crippen molar-refractivity contribution >= 4 is 0 Å². The second-order valence-electron chi connectivity index (χ2n) is 4.28. The van der Waals surface area contributed by atoms with Gasteiger partial charge in [-0.25, -0.2) is 0 Å². The zero-order valence-corrected chi connectivity index (χ0v) is 10.1. The van der Waals surface area contributed by atoms with E-state index in [1.807, 2.05) is 19.1 Å². The van der Waals surface area contributed by atoms with Crippen molar-refractivity contribution in [2.24, 2.45) is 5.73 Å². The lowest BCUT2D eigenvalue weighted by Gasteiger charge is -2.18. The second-order valence-corrected chi connectivity index (χ2v) is 4.28. The Morgan fingerprint density at radius 3 is 2.88 bits per heavy atom. The SMILES string of the molecule is Cc1c(C(N)CCO)ccc2c1OCCCO2. The summed E-state index contributed by atoms with van der Waals surface area (Å²) in [6.45, 7) is 3.44. The van der Waals surface area contributed by atoms with Gasteiger partial charge in [-0.1, -0.05) is 6.07 Å². The van der Waals surface area contributed by atoms with Crippen molar-refractivity contribution in [2.45, 2.75) is 25.8 Å². The van der Waals surface area contributed by atoms with Crippen LogP contribution in [-0.2, 0) is 0 Å². The minimum absolute atomic E-state index is 0.0923. The Morgan fingerprint density at radius 2 is 2.12 bits per heavy atom. The molecular weight excluding hydrogens is 218 g/mol. The molecule has 94 valence electrons. The molecule has 4 heteroatoms. The molecule has 3 N–H and O–H groups in total. The molecule has 1 aromatic carbocycles. The van der Waals surface area contributed by atoms with Gasteiger partial charge >= 0.3 is 0 Å². The fraction of sp³-hybridized carbons (Fsp3) is 0.538. The van der Waals surface area contributed by atoms with Gasteiger partial charge in [-0.2, -0.15) is 0 Å². The topological polar surface area (TPSA) is 64.7 Å². The van der Waals surface area contributed by atoms with Crippen molar-refractivity contribution < 1.29 is 14.6 Å². The zero-order valence-electron chi connectivity index (χ0n) is 10.1. The first-order chi connectivity index (χ1) is 8.24. The quantitative estimate of drug-likeness (QED) is 0.837. The molecule has 0 bridgehead atoms. The maximum Gasteiger partial charge on any atom is 0.164 e. The van der Waals surface area contributed by atoms with Gasteiger partial charge in [0.1, 0.15) is 0 Å². The highest BCUT2D eigenvalue weighted by Crippen LogP contribution is 2.36. The Balaban J connectivity index is 2.33. The number of ether oxygens (including phenoxy) is 2. The molecule has 1 aliphatic rings. The molecule has 0 saturated carbocycles. The third-order valence-electron chi connectivity index (χ3n) is 3.04. The Hall–Kier alpha value is -1.26. The average Bonchev–Trinajstić information content (AvgIpc) is 2.55. The molecule has 17 heavy (non-hydrogen) atoms. The van der Waals surface area contributed by atoms with E-state index in [1.165, 1.54) is 0 Å². The first-order valence-corrected chi connectivity index (χ1v) is 5.99. The van der Waals surface area contributed by atoms with E-state index in [1.54, 1.807) is 0 Å². The van der Waals surface area contributed by atoms with Crippen LogP contribution >= 0.6 is 0 Å². The van der Waals surface area contributed by atoms with Crippen LogP contribution in [0.1, 0.15) is 30.0 Å². The molecule has 0 amide bonds. The van der Waals surface area contributed by atoms with Crippen LogP contribution in [0.25, 0.3) is 0 Å². The molecule has 0 radical (unpaired) electrons. The van der Waals surface area contributed by atoms with E-state index in [9.17, 15) is 0 Å². The van der Waals surface area contributed by atoms with Gasteiger partial charge in [0.05, 0.1) is 13.2 Å². The molecule has 1 aliphatic heterocycles. The van der Waals surface area contributed by atoms with Gasteiger partial charge in [0, 0.05) is 19.1 Å². The van der Waals surface area contributed by atoms with Crippen LogP contribution in [0.15, 0.2) is 12.1 Å². The highest BCUT2D eigenvalue weighted by Gasteiger charge is 2.18. The summed E-state index contributed by atoms with van der Waals surface area (Å²) in [6.07, 6.45) is 1.45. The van der Waals surface area contributed by atoms with Gasteiger partial charge in [-0.05, 0) is 30.5 Å². The maximum atomic E-state index is 8.94. The van der Waals surface area contributed by atoms with Crippen LogP contribution in [0.3, 0.4) is 0 Å². The number of nitrogens with two attached hydrogens (primary N) is 1. The lowest BCUT2D eigenvalue weighted by molar-refractivity contribution is 0.276. The van der Waals surface area contributed by atoms with Gasteiger partial charge < -0.3 is 20.3 Å². The average molecular weight is 237 g/mol. The number of aliphatic hydroxyl groups is 1. The summed E-state index contributed by atoms with van der Waals surface area (Å²) in [7, 11) is 0. The van der Waals surface area contributed by atoms with Crippen LogP contribution in [0.2, 0.25) is 0 Å². The highest BCUT2D eigenvalue weighted by atomic mass is 16.5. The van der Waals surface area contributed by atoms with Crippen molar-refractivity contribution in [2.75, 3.05) is 19.8 Å². The molecule has 1 aromatic rings. The van der Waals surface area contributed by atoms with Crippen molar-refractivity contribution in [3.8, 4) is 11.5 Å². The molecule has 1 unspecified atom stereocenters. The number of aliphatic hydroxyl groups excluding tert-OH is 1. The largest absolute Gasteiger partial charge is 0.490 e. The Kier molecular flexibility index (Phi) is 3.86. The summed E-state index contributed by atoms with van der Waals surface area (Å²) in [5, 5.41) is 8.94. The molecule has 0 aromatic heterocycles. The molecule has 0 saturated heterocycles. The molecule has 1 heterocycles. The van der Waals surface area contributed by atoms with E-state index in [0.717, 1.165) is 29.0 Å². The predicted octanol–water partition coefficient (Wildman–Crippen LogP) is 1.54. The van der Waals surface area contributed by atoms with E-state index in [2.05, 4.69) is 0 Å². The van der Waals surface area contributed by atoms with Crippen LogP contribution in [0.5, 0.6) is 11.5 Å². The number of hydrogen-bond acceptors (Lipinski definition) is 4. The van der Waals surface area contributed by atoms with Crippen LogP contribution in [0.4, 0.5) is 0 Å². The first-order valence-electron chi connectivity index (χ1n) is 5.99. The minimum atomic E-state index is -0.155. The van der Waals surface area contributed by atoms with Crippen LogP contribution in [-0.4, -0.2) is 24.9 Å². The van der Waals surface area contributed by atoms with E-state index >= 15 is 0 Å². The molecular formula is C13H19NO3. The third kappa shape index (κ3) is 2.53. The van der Waals surface area contributed by atoms with Gasteiger partial charge in [0.2, 0.25) is 0 Å². The van der Waals surface area contributed by atoms with Gasteiger partial charge in [-0.3, -0.25) is 0 Å². The molecule has 1 atom stereocenters. The second kappa shape index (κ2) is 5.38. The Bertz CT molecular complexity index is 392. The summed E-state index contributed by atoms with van der Waals surface area (Å²) in [6, 6.07) is 3.71. The summed E-state index contributed by atoms with van der Waals surface area (Å²) in [4.78, 5) is 0. The Labute approximate surface area is 101 Å². The number of hydrogen-bond donors (Lipinski definition) is 2. The van der Waals surface area contributed by atoms with E-state index in [4.69, 9.17) is 20.3 Å². The summed E-state index contributed by atoms with van der Waals surface area (Å²) < 4.78 is 11.3. The molecule has 0 fully saturated rings. The normalized spacial score (nSPS) is 16.4. The zero-order chi connectivity index (χ0) is 12.3. The van der Waals surface area contributed by atoms with Crippen LogP contribution < -0.4 is 15.2 Å². The monoisotopic (exact) mass is 237 g/mol. The standard InChI is InChI=1S/C13H19NO3/c1-9-10(11(14)5-6-15)3-4-12-13(9)17-8-2-7-16-12/h3-4,11,15H,2,5-8,14H2,1H3. The first kappa shape index (κ1) is 12.2. The molecule has 4 nitrogen and oxygen atoms in total. The van der Waals surface area contributed by atoms with Crippen molar-refractivity contribution in [1.29, 1.82) is 0 Å². The summed E-state index contributed by atoms with van der Waals surface area (Å²) in [5.41, 5.74) is 8.06.